The molecule has 0 N–H and O–H groups in total. The summed E-state index contributed by atoms with van der Waals surface area (Å²) in [5, 5.41) is 5.32. The number of rotatable bonds is 5. The Hall–Kier alpha value is -2.65. The summed E-state index contributed by atoms with van der Waals surface area (Å²) in [7, 11) is 0. The van der Waals surface area contributed by atoms with Gasteiger partial charge in [-0.15, -0.1) is 22.7 Å². The van der Waals surface area contributed by atoms with E-state index in [-0.39, 0.29) is 17.8 Å². The topological polar surface area (TPSA) is 85.3 Å². The molecule has 0 bridgehead atoms. The third kappa shape index (κ3) is 4.35. The standard InChI is InChI=1S/C20H20N4O3S2/c1-2-27-20(26)16-12-29-18(23-16)14-5-9-24(10-6-14)19(25)15-11-28-17(22-15)13-3-7-21-8-4-13/h3-4,7-8,11-12,14H,2,5-6,9-10H2,1H3. The van der Waals surface area contributed by atoms with Crippen molar-refractivity contribution in [3.8, 4) is 10.6 Å². The van der Waals surface area contributed by atoms with Gasteiger partial charge >= 0.3 is 5.97 Å². The van der Waals surface area contributed by atoms with Gasteiger partial charge in [0.1, 0.15) is 10.7 Å². The molecule has 29 heavy (non-hydrogen) atoms. The van der Waals surface area contributed by atoms with E-state index in [1.165, 1.54) is 22.7 Å². The largest absolute Gasteiger partial charge is 0.461 e. The van der Waals surface area contributed by atoms with Crippen LogP contribution in [0.15, 0.2) is 35.3 Å². The number of amides is 1. The third-order valence-electron chi connectivity index (χ3n) is 4.79. The molecule has 0 aliphatic carbocycles. The van der Waals surface area contributed by atoms with E-state index in [2.05, 4.69) is 15.0 Å². The molecule has 9 heteroatoms. The summed E-state index contributed by atoms with van der Waals surface area (Å²) in [5.41, 5.74) is 1.82. The first-order valence-corrected chi connectivity index (χ1v) is 11.2. The van der Waals surface area contributed by atoms with Gasteiger partial charge in [0, 0.05) is 47.7 Å². The fourth-order valence-corrected chi connectivity index (χ4v) is 5.02. The van der Waals surface area contributed by atoms with Crippen LogP contribution in [0.3, 0.4) is 0 Å². The Labute approximate surface area is 176 Å². The molecule has 1 saturated heterocycles. The van der Waals surface area contributed by atoms with E-state index in [1.807, 2.05) is 22.4 Å². The first-order valence-electron chi connectivity index (χ1n) is 9.43. The summed E-state index contributed by atoms with van der Waals surface area (Å²) in [4.78, 5) is 39.5. The van der Waals surface area contributed by atoms with Crippen LogP contribution in [0.5, 0.6) is 0 Å². The van der Waals surface area contributed by atoms with Crippen molar-refractivity contribution < 1.29 is 14.3 Å². The summed E-state index contributed by atoms with van der Waals surface area (Å²) in [6, 6.07) is 3.77. The second-order valence-corrected chi connectivity index (χ2v) is 8.38. The third-order valence-corrected chi connectivity index (χ3v) is 6.69. The summed E-state index contributed by atoms with van der Waals surface area (Å²) in [6.07, 6.45) is 5.08. The van der Waals surface area contributed by atoms with Crippen LogP contribution in [0.25, 0.3) is 10.6 Å². The summed E-state index contributed by atoms with van der Waals surface area (Å²) >= 11 is 2.95. The van der Waals surface area contributed by atoms with Crippen molar-refractivity contribution in [2.24, 2.45) is 0 Å². The van der Waals surface area contributed by atoms with Crippen LogP contribution < -0.4 is 0 Å². The first-order chi connectivity index (χ1) is 14.2. The summed E-state index contributed by atoms with van der Waals surface area (Å²) in [6.45, 7) is 3.42. The molecule has 3 aromatic heterocycles. The summed E-state index contributed by atoms with van der Waals surface area (Å²) in [5.74, 6) is -0.155. The van der Waals surface area contributed by atoms with Crippen molar-refractivity contribution in [1.82, 2.24) is 19.9 Å². The predicted molar refractivity (Wildman–Crippen MR) is 111 cm³/mol. The van der Waals surface area contributed by atoms with E-state index >= 15 is 0 Å². The van der Waals surface area contributed by atoms with E-state index in [9.17, 15) is 9.59 Å². The molecule has 0 saturated carbocycles. The fourth-order valence-electron chi connectivity index (χ4n) is 3.26. The maximum Gasteiger partial charge on any atom is 0.357 e. The maximum absolute atomic E-state index is 12.8. The Balaban J connectivity index is 1.37. The quantitative estimate of drug-likeness (QED) is 0.574. The summed E-state index contributed by atoms with van der Waals surface area (Å²) < 4.78 is 5.00. The van der Waals surface area contributed by atoms with Crippen LogP contribution in [0.2, 0.25) is 0 Å². The normalized spacial score (nSPS) is 14.7. The van der Waals surface area contributed by atoms with Crippen LogP contribution >= 0.6 is 22.7 Å². The fraction of sp³-hybridized carbons (Fsp3) is 0.350. The monoisotopic (exact) mass is 428 g/mol. The Kier molecular flexibility index (Phi) is 5.96. The molecule has 4 rings (SSSR count). The van der Waals surface area contributed by atoms with Crippen LogP contribution in [-0.2, 0) is 4.74 Å². The number of hydrogen-bond acceptors (Lipinski definition) is 8. The van der Waals surface area contributed by atoms with Crippen molar-refractivity contribution in [3.05, 3.63) is 51.7 Å². The number of nitrogens with zero attached hydrogens (tertiary/aromatic N) is 4. The second kappa shape index (κ2) is 8.79. The van der Waals surface area contributed by atoms with E-state index in [0.29, 0.717) is 31.1 Å². The molecule has 0 spiro atoms. The SMILES string of the molecule is CCOC(=O)c1csc(C2CCN(C(=O)c3csc(-c4ccncc4)n3)CC2)n1. The minimum Gasteiger partial charge on any atom is -0.461 e. The number of aromatic nitrogens is 3. The number of hydrogen-bond donors (Lipinski definition) is 0. The molecule has 0 radical (unpaired) electrons. The van der Waals surface area contributed by atoms with Gasteiger partial charge in [0.05, 0.1) is 11.6 Å². The van der Waals surface area contributed by atoms with Crippen LogP contribution in [0, 0.1) is 0 Å². The number of esters is 1. The van der Waals surface area contributed by atoms with E-state index < -0.39 is 0 Å². The lowest BCUT2D eigenvalue weighted by molar-refractivity contribution is 0.0520. The Morgan fingerprint density at radius 3 is 2.55 bits per heavy atom. The molecular weight excluding hydrogens is 408 g/mol. The maximum atomic E-state index is 12.8. The number of thiazole rings is 2. The molecule has 1 amide bonds. The average Bonchev–Trinajstić information content (AvgIpc) is 3.45. The van der Waals surface area contributed by atoms with Crippen molar-refractivity contribution in [2.45, 2.75) is 25.7 Å². The lowest BCUT2D eigenvalue weighted by Gasteiger charge is -2.30. The highest BCUT2D eigenvalue weighted by atomic mass is 32.1. The zero-order valence-corrected chi connectivity index (χ0v) is 17.5. The zero-order chi connectivity index (χ0) is 20.2. The number of carbonyl (C=O) groups excluding carboxylic acids is 2. The Morgan fingerprint density at radius 1 is 1.10 bits per heavy atom. The van der Waals surface area contributed by atoms with Gasteiger partial charge in [-0.25, -0.2) is 14.8 Å². The average molecular weight is 429 g/mol. The van der Waals surface area contributed by atoms with Gasteiger partial charge in [0.2, 0.25) is 0 Å². The Bertz CT molecular complexity index is 994. The van der Waals surface area contributed by atoms with Gasteiger partial charge in [-0.1, -0.05) is 0 Å². The minimum atomic E-state index is -0.379. The molecule has 0 aromatic carbocycles. The number of carbonyl (C=O) groups is 2. The highest BCUT2D eigenvalue weighted by Crippen LogP contribution is 2.31. The number of piperidine rings is 1. The smallest absolute Gasteiger partial charge is 0.357 e. The van der Waals surface area contributed by atoms with E-state index in [1.54, 1.807) is 24.7 Å². The highest BCUT2D eigenvalue weighted by Gasteiger charge is 2.28. The van der Waals surface area contributed by atoms with E-state index in [0.717, 1.165) is 28.4 Å². The van der Waals surface area contributed by atoms with E-state index in [4.69, 9.17) is 4.74 Å². The first kappa shape index (κ1) is 19.7. The van der Waals surface area contributed by atoms with Gasteiger partial charge in [-0.05, 0) is 31.9 Å². The minimum absolute atomic E-state index is 0.0358. The highest BCUT2D eigenvalue weighted by molar-refractivity contribution is 7.13. The van der Waals surface area contributed by atoms with Gasteiger partial charge in [0.15, 0.2) is 5.69 Å². The Morgan fingerprint density at radius 2 is 1.83 bits per heavy atom. The molecule has 1 aliphatic heterocycles. The van der Waals surface area contributed by atoms with Crippen molar-refractivity contribution in [2.75, 3.05) is 19.7 Å². The van der Waals surface area contributed by atoms with Gasteiger partial charge < -0.3 is 9.64 Å². The van der Waals surface area contributed by atoms with Gasteiger partial charge in [0.25, 0.3) is 5.91 Å². The molecule has 4 heterocycles. The molecule has 150 valence electrons. The van der Waals surface area contributed by atoms with Crippen LogP contribution in [0.1, 0.15) is 51.7 Å². The van der Waals surface area contributed by atoms with Crippen LogP contribution in [0.4, 0.5) is 0 Å². The second-order valence-electron chi connectivity index (χ2n) is 6.63. The molecular formula is C20H20N4O3S2. The predicted octanol–water partition coefficient (Wildman–Crippen LogP) is 3.86. The zero-order valence-electron chi connectivity index (χ0n) is 15.9. The van der Waals surface area contributed by atoms with Crippen molar-refractivity contribution >= 4 is 34.6 Å². The number of pyridine rings is 1. The lowest BCUT2D eigenvalue weighted by atomic mass is 9.97. The van der Waals surface area contributed by atoms with Crippen molar-refractivity contribution in [3.63, 3.8) is 0 Å². The number of likely N-dealkylation sites (tertiary alicyclic amines) is 1. The van der Waals surface area contributed by atoms with Gasteiger partial charge in [-0.3, -0.25) is 9.78 Å². The van der Waals surface area contributed by atoms with Crippen LogP contribution in [-0.4, -0.2) is 51.4 Å². The molecule has 7 nitrogen and oxygen atoms in total. The number of ether oxygens (including phenoxy) is 1. The van der Waals surface area contributed by atoms with Crippen molar-refractivity contribution in [1.29, 1.82) is 0 Å². The molecule has 1 fully saturated rings. The molecule has 0 atom stereocenters. The molecule has 0 unspecified atom stereocenters. The van der Waals surface area contributed by atoms with Gasteiger partial charge in [-0.2, -0.15) is 0 Å². The molecule has 3 aromatic rings. The lowest BCUT2D eigenvalue weighted by Crippen LogP contribution is -2.38. The molecule has 1 aliphatic rings.